The Hall–Kier alpha value is -1.67. The normalized spacial score (nSPS) is 43.9. The van der Waals surface area contributed by atoms with Crippen molar-refractivity contribution in [2.45, 2.75) is 38.2 Å². The summed E-state index contributed by atoms with van der Waals surface area (Å²) in [5.41, 5.74) is 2.99. The molecule has 0 bridgehead atoms. The van der Waals surface area contributed by atoms with Crippen LogP contribution in [0.4, 0.5) is 0 Å². The Morgan fingerprint density at radius 2 is 1.96 bits per heavy atom. The number of hydrogen-bond acceptors (Lipinski definition) is 2. The highest BCUT2D eigenvalue weighted by molar-refractivity contribution is 6.09. The second-order valence-electron chi connectivity index (χ2n) is 7.62. The zero-order valence-corrected chi connectivity index (χ0v) is 13.7. The molecule has 0 N–H and O–H groups in total. The second-order valence-corrected chi connectivity index (χ2v) is 7.62. The van der Waals surface area contributed by atoms with Gasteiger partial charge in [-0.05, 0) is 36.8 Å². The first kappa shape index (κ1) is 13.7. The maximum Gasteiger partial charge on any atom is 0.170 e. The second kappa shape index (κ2) is 4.24. The van der Waals surface area contributed by atoms with Gasteiger partial charge in [-0.1, -0.05) is 55.0 Å². The summed E-state index contributed by atoms with van der Waals surface area (Å²) in [5.74, 6) is 0.877. The van der Waals surface area contributed by atoms with Crippen molar-refractivity contribution in [2.75, 3.05) is 6.61 Å². The number of ketones is 1. The van der Waals surface area contributed by atoms with Crippen molar-refractivity contribution in [3.8, 4) is 0 Å². The number of hydrogen-bond donors (Lipinski definition) is 0. The van der Waals surface area contributed by atoms with Crippen molar-refractivity contribution in [1.82, 2.24) is 0 Å². The Bertz CT molecular complexity index is 759. The van der Waals surface area contributed by atoms with E-state index in [2.05, 4.69) is 50.3 Å². The van der Waals surface area contributed by atoms with E-state index in [1.54, 1.807) is 0 Å². The quantitative estimate of drug-likeness (QED) is 0.737. The van der Waals surface area contributed by atoms with Gasteiger partial charge in [-0.25, -0.2) is 0 Å². The lowest BCUT2D eigenvalue weighted by Crippen LogP contribution is -2.58. The molecule has 1 spiro atoms. The molecule has 0 aromatic heterocycles. The highest BCUT2D eigenvalue weighted by Crippen LogP contribution is 2.72. The van der Waals surface area contributed by atoms with Crippen LogP contribution in [0.1, 0.15) is 32.3 Å². The Balaban J connectivity index is 1.90. The van der Waals surface area contributed by atoms with Gasteiger partial charge < -0.3 is 4.74 Å². The van der Waals surface area contributed by atoms with E-state index in [9.17, 15) is 4.79 Å². The first-order chi connectivity index (χ1) is 11.1. The molecule has 3 unspecified atom stereocenters. The molecule has 1 heterocycles. The van der Waals surface area contributed by atoms with E-state index >= 15 is 0 Å². The number of Topliss-reactive ketones (excluding diaryl/α,β-unsaturated/α-hetero) is 1. The molecule has 1 saturated carbocycles. The zero-order chi connectivity index (χ0) is 15.8. The number of allylic oxidation sites excluding steroid dienone is 2. The predicted molar refractivity (Wildman–Crippen MR) is 89.0 cm³/mol. The summed E-state index contributed by atoms with van der Waals surface area (Å²) in [7, 11) is 0. The summed E-state index contributed by atoms with van der Waals surface area (Å²) >= 11 is 0. The van der Waals surface area contributed by atoms with E-state index in [0.29, 0.717) is 11.7 Å². The minimum atomic E-state index is -0.468. The average Bonchev–Trinajstić information content (AvgIpc) is 3.16. The summed E-state index contributed by atoms with van der Waals surface area (Å²) < 4.78 is 6.25. The third-order valence-corrected chi connectivity index (χ3v) is 7.07. The van der Waals surface area contributed by atoms with E-state index in [0.717, 1.165) is 25.0 Å². The number of carbonyl (C=O) groups excluding carboxylic acids is 1. The fourth-order valence-corrected chi connectivity index (χ4v) is 6.41. The zero-order valence-electron chi connectivity index (χ0n) is 13.7. The van der Waals surface area contributed by atoms with Gasteiger partial charge in [0.1, 0.15) is 0 Å². The van der Waals surface area contributed by atoms with Gasteiger partial charge in [0, 0.05) is 11.3 Å². The lowest BCUT2D eigenvalue weighted by molar-refractivity contribution is -0.127. The van der Waals surface area contributed by atoms with Crippen LogP contribution in [0.3, 0.4) is 0 Å². The third kappa shape index (κ3) is 1.24. The number of ether oxygens (including phenoxy) is 1. The topological polar surface area (TPSA) is 26.3 Å². The first-order valence-corrected chi connectivity index (χ1v) is 8.75. The molecule has 118 valence electrons. The molecule has 5 rings (SSSR count). The van der Waals surface area contributed by atoms with Gasteiger partial charge in [0.25, 0.3) is 0 Å². The van der Waals surface area contributed by atoms with Crippen molar-refractivity contribution >= 4 is 5.78 Å². The van der Waals surface area contributed by atoms with Crippen LogP contribution in [0, 0.1) is 17.3 Å². The minimum absolute atomic E-state index is 0.135. The number of rotatable bonds is 1. The van der Waals surface area contributed by atoms with Gasteiger partial charge in [-0.15, -0.1) is 0 Å². The Kier molecular flexibility index (Phi) is 2.53. The van der Waals surface area contributed by atoms with Gasteiger partial charge in [-0.2, -0.15) is 0 Å². The maximum atomic E-state index is 13.7. The Labute approximate surface area is 137 Å². The van der Waals surface area contributed by atoms with Crippen LogP contribution in [-0.2, 0) is 14.9 Å². The average molecular weight is 306 g/mol. The number of carbonyl (C=O) groups is 1. The Morgan fingerprint density at radius 3 is 2.74 bits per heavy atom. The van der Waals surface area contributed by atoms with Crippen LogP contribution in [0.5, 0.6) is 0 Å². The molecule has 3 aliphatic carbocycles. The largest absolute Gasteiger partial charge is 0.377 e. The van der Waals surface area contributed by atoms with Gasteiger partial charge >= 0.3 is 0 Å². The molecule has 2 fully saturated rings. The number of benzene rings is 1. The van der Waals surface area contributed by atoms with Crippen LogP contribution in [-0.4, -0.2) is 18.5 Å². The first-order valence-electron chi connectivity index (χ1n) is 8.75. The van der Waals surface area contributed by atoms with Gasteiger partial charge in [-0.3, -0.25) is 4.79 Å². The van der Waals surface area contributed by atoms with Crippen LogP contribution >= 0.6 is 0 Å². The Morgan fingerprint density at radius 1 is 1.17 bits per heavy atom. The van der Waals surface area contributed by atoms with Crippen LogP contribution in [0.15, 0.2) is 53.6 Å². The third-order valence-electron chi connectivity index (χ3n) is 7.07. The van der Waals surface area contributed by atoms with Gasteiger partial charge in [0.2, 0.25) is 0 Å². The summed E-state index contributed by atoms with van der Waals surface area (Å²) in [6.45, 7) is 5.03. The van der Waals surface area contributed by atoms with Crippen molar-refractivity contribution in [2.24, 2.45) is 17.3 Å². The van der Waals surface area contributed by atoms with Crippen LogP contribution in [0.2, 0.25) is 0 Å². The molecule has 0 radical (unpaired) electrons. The van der Waals surface area contributed by atoms with E-state index < -0.39 is 5.41 Å². The van der Waals surface area contributed by atoms with Crippen molar-refractivity contribution in [3.05, 3.63) is 59.2 Å². The monoisotopic (exact) mass is 306 g/mol. The molecule has 23 heavy (non-hydrogen) atoms. The molecule has 2 nitrogen and oxygen atoms in total. The molecule has 5 atom stereocenters. The molecule has 4 aliphatic rings. The molecular formula is C21H22O2. The van der Waals surface area contributed by atoms with Gasteiger partial charge in [0.05, 0.1) is 18.1 Å². The van der Waals surface area contributed by atoms with E-state index in [1.165, 1.54) is 11.1 Å². The molecular weight excluding hydrogens is 284 g/mol. The highest BCUT2D eigenvalue weighted by atomic mass is 16.5. The van der Waals surface area contributed by atoms with Gasteiger partial charge in [0.15, 0.2) is 5.78 Å². The summed E-state index contributed by atoms with van der Waals surface area (Å²) in [6.07, 6.45) is 6.88. The van der Waals surface area contributed by atoms with Crippen LogP contribution < -0.4 is 0 Å². The van der Waals surface area contributed by atoms with Crippen molar-refractivity contribution in [3.63, 3.8) is 0 Å². The smallest absolute Gasteiger partial charge is 0.170 e. The van der Waals surface area contributed by atoms with Crippen molar-refractivity contribution < 1.29 is 9.53 Å². The molecule has 1 aromatic carbocycles. The maximum absolute atomic E-state index is 13.7. The minimum Gasteiger partial charge on any atom is -0.377 e. The fraction of sp³-hybridized carbons (Fsp3) is 0.476. The molecule has 1 saturated heterocycles. The van der Waals surface area contributed by atoms with E-state index in [1.807, 2.05) is 6.07 Å². The standard InChI is InChI=1S/C21H22O2/c1-13-8-9-16-12-23-18-11-10-17-14(2)19(22)20(13,21(16,17)18)15-6-4-3-5-7-15/h3-9,13,16,18H,10-12H2,1-2H3/t13-,16?,18?,20-,21?/m1/s1. The van der Waals surface area contributed by atoms with Crippen molar-refractivity contribution in [1.29, 1.82) is 0 Å². The molecule has 1 aliphatic heterocycles. The lowest BCUT2D eigenvalue weighted by Gasteiger charge is -2.52. The SMILES string of the molecule is CC1=C2CCC3OCC4C=C[C@@H](C)[C@@](c5ccccc5)(C1=O)C243. The summed E-state index contributed by atoms with van der Waals surface area (Å²) in [5, 5.41) is 0. The molecule has 1 aromatic rings. The predicted octanol–water partition coefficient (Wildman–Crippen LogP) is 3.82. The van der Waals surface area contributed by atoms with E-state index in [4.69, 9.17) is 4.74 Å². The molecule has 0 amide bonds. The summed E-state index contributed by atoms with van der Waals surface area (Å²) in [6, 6.07) is 10.5. The highest BCUT2D eigenvalue weighted by Gasteiger charge is 2.75. The molecule has 2 heteroatoms. The fourth-order valence-electron chi connectivity index (χ4n) is 6.41. The lowest BCUT2D eigenvalue weighted by atomic mass is 9.47. The van der Waals surface area contributed by atoms with Crippen LogP contribution in [0.25, 0.3) is 0 Å². The summed E-state index contributed by atoms with van der Waals surface area (Å²) in [4.78, 5) is 13.7. The van der Waals surface area contributed by atoms with E-state index in [-0.39, 0.29) is 17.4 Å².